The normalized spacial score (nSPS) is 11.7. The predicted octanol–water partition coefficient (Wildman–Crippen LogP) is 1.74. The lowest BCUT2D eigenvalue weighted by Crippen LogP contribution is -2.16. The molecule has 5 heteroatoms. The molecule has 0 fully saturated rings. The fourth-order valence-electron chi connectivity index (χ4n) is 2.80. The summed E-state index contributed by atoms with van der Waals surface area (Å²) < 4.78 is 6.71. The van der Waals surface area contributed by atoms with E-state index >= 15 is 0 Å². The van der Waals surface area contributed by atoms with E-state index < -0.39 is 0 Å². The number of H-pyrrole nitrogens is 1. The van der Waals surface area contributed by atoms with Crippen LogP contribution in [0.4, 0.5) is 0 Å². The van der Waals surface area contributed by atoms with Gasteiger partial charge in [0.2, 0.25) is 5.56 Å². The second-order valence-corrected chi connectivity index (χ2v) is 4.68. The summed E-state index contributed by atoms with van der Waals surface area (Å²) in [5.74, 6) is 0.210. The number of aromatic nitrogens is 2. The molecule has 4 aromatic rings. The smallest absolute Gasteiger partial charge is 0.298 e. The zero-order chi connectivity index (χ0) is 13.9. The molecule has 0 saturated carbocycles. The van der Waals surface area contributed by atoms with Crippen LogP contribution in [0, 0.1) is 0 Å². The summed E-state index contributed by atoms with van der Waals surface area (Å²) >= 11 is 0. The maximum atomic E-state index is 12.5. The van der Waals surface area contributed by atoms with Crippen LogP contribution in [0.5, 0.6) is 5.75 Å². The quantitative estimate of drug-likeness (QED) is 0.570. The molecular formula is C15H10N2O3. The Morgan fingerprint density at radius 1 is 1.10 bits per heavy atom. The van der Waals surface area contributed by atoms with Gasteiger partial charge in [0.15, 0.2) is 5.75 Å². The molecule has 20 heavy (non-hydrogen) atoms. The van der Waals surface area contributed by atoms with Gasteiger partial charge in [-0.25, -0.2) is 0 Å². The summed E-state index contributed by atoms with van der Waals surface area (Å²) in [6, 6.07) is 10.6. The number of hydrogen-bond acceptors (Lipinski definition) is 3. The zero-order valence-electron chi connectivity index (χ0n) is 10.6. The second kappa shape index (κ2) is 3.60. The molecule has 0 aliphatic heterocycles. The van der Waals surface area contributed by atoms with E-state index in [1.54, 1.807) is 10.5 Å². The molecule has 0 aliphatic carbocycles. The van der Waals surface area contributed by atoms with Gasteiger partial charge in [-0.2, -0.15) is 0 Å². The summed E-state index contributed by atoms with van der Waals surface area (Å²) in [5.41, 5.74) is 1.67. The second-order valence-electron chi connectivity index (χ2n) is 4.68. The van der Waals surface area contributed by atoms with Crippen LogP contribution < -0.4 is 15.9 Å². The van der Waals surface area contributed by atoms with Crippen molar-refractivity contribution in [2.45, 2.75) is 0 Å². The molecule has 0 saturated heterocycles. The average Bonchev–Trinajstić information content (AvgIpc) is 2.78. The third-order valence-electron chi connectivity index (χ3n) is 3.61. The first-order chi connectivity index (χ1) is 9.70. The molecular weight excluding hydrogens is 256 g/mol. The van der Waals surface area contributed by atoms with E-state index in [1.807, 2.05) is 24.3 Å². The van der Waals surface area contributed by atoms with Crippen LogP contribution in [0.3, 0.4) is 0 Å². The molecule has 0 radical (unpaired) electrons. The minimum absolute atomic E-state index is 0.198. The third kappa shape index (κ3) is 1.21. The van der Waals surface area contributed by atoms with Gasteiger partial charge in [-0.05, 0) is 6.07 Å². The van der Waals surface area contributed by atoms with Crippen LogP contribution in [0.25, 0.3) is 27.3 Å². The molecule has 0 aliphatic rings. The fraction of sp³-hybridized carbons (Fsp3) is 0.0667. The van der Waals surface area contributed by atoms with E-state index in [-0.39, 0.29) is 16.9 Å². The summed E-state index contributed by atoms with van der Waals surface area (Å²) in [4.78, 5) is 27.0. The zero-order valence-corrected chi connectivity index (χ0v) is 10.6. The number of nitrogens with zero attached hydrogens (tertiary/aromatic N) is 1. The van der Waals surface area contributed by atoms with Gasteiger partial charge in [-0.3, -0.25) is 14.0 Å². The number of hydrogen-bond donors (Lipinski definition) is 1. The summed E-state index contributed by atoms with van der Waals surface area (Å²) in [6.45, 7) is 0. The minimum Gasteiger partial charge on any atom is -0.491 e. The Labute approximate surface area is 112 Å². The first kappa shape index (κ1) is 11.0. The van der Waals surface area contributed by atoms with Gasteiger partial charge in [-0.1, -0.05) is 18.2 Å². The van der Waals surface area contributed by atoms with Gasteiger partial charge in [-0.15, -0.1) is 0 Å². The van der Waals surface area contributed by atoms with Crippen LogP contribution in [0.1, 0.15) is 0 Å². The SMILES string of the molecule is COc1cc2[nH]c(=O)cc3c4ccccc4n(c1=O)c23. The highest BCUT2D eigenvalue weighted by Gasteiger charge is 2.16. The molecule has 3 aromatic heterocycles. The van der Waals surface area contributed by atoms with Crippen molar-refractivity contribution in [2.24, 2.45) is 0 Å². The summed E-state index contributed by atoms with van der Waals surface area (Å²) in [5, 5.41) is 1.66. The molecule has 4 rings (SSSR count). The molecule has 0 bridgehead atoms. The molecule has 0 unspecified atom stereocenters. The summed E-state index contributed by atoms with van der Waals surface area (Å²) in [6.07, 6.45) is 0. The van der Waals surface area contributed by atoms with E-state index in [0.29, 0.717) is 5.52 Å². The van der Waals surface area contributed by atoms with E-state index in [1.165, 1.54) is 13.2 Å². The lowest BCUT2D eigenvalue weighted by atomic mass is 10.2. The molecule has 0 amide bonds. The minimum atomic E-state index is -0.224. The Morgan fingerprint density at radius 2 is 1.90 bits per heavy atom. The molecule has 98 valence electrons. The lowest BCUT2D eigenvalue weighted by Gasteiger charge is -2.04. The van der Waals surface area contributed by atoms with Crippen LogP contribution in [0.15, 0.2) is 46.0 Å². The van der Waals surface area contributed by atoms with Gasteiger partial charge >= 0.3 is 0 Å². The van der Waals surface area contributed by atoms with Crippen LogP contribution >= 0.6 is 0 Å². The van der Waals surface area contributed by atoms with Crippen molar-refractivity contribution in [3.05, 3.63) is 57.1 Å². The maximum Gasteiger partial charge on any atom is 0.298 e. The number of fused-ring (bicyclic) bond motifs is 3. The highest BCUT2D eigenvalue weighted by molar-refractivity contribution is 6.12. The van der Waals surface area contributed by atoms with Crippen LogP contribution in [-0.4, -0.2) is 16.5 Å². The van der Waals surface area contributed by atoms with Crippen molar-refractivity contribution < 1.29 is 4.74 Å². The van der Waals surface area contributed by atoms with Gasteiger partial charge < -0.3 is 9.72 Å². The van der Waals surface area contributed by atoms with Gasteiger partial charge in [0.05, 0.1) is 23.7 Å². The third-order valence-corrected chi connectivity index (χ3v) is 3.61. The van der Waals surface area contributed by atoms with Crippen molar-refractivity contribution in [1.82, 2.24) is 9.38 Å². The van der Waals surface area contributed by atoms with Crippen LogP contribution in [-0.2, 0) is 0 Å². The Bertz CT molecular complexity index is 1080. The van der Waals surface area contributed by atoms with E-state index in [9.17, 15) is 9.59 Å². The number of para-hydroxylation sites is 1. The number of pyridine rings is 2. The van der Waals surface area contributed by atoms with Crippen molar-refractivity contribution >= 4 is 27.3 Å². The van der Waals surface area contributed by atoms with Crippen molar-refractivity contribution in [2.75, 3.05) is 7.11 Å². The number of nitrogens with one attached hydrogen (secondary N) is 1. The molecule has 1 aromatic carbocycles. The van der Waals surface area contributed by atoms with Crippen molar-refractivity contribution in [3.8, 4) is 5.75 Å². The highest BCUT2D eigenvalue weighted by Crippen LogP contribution is 2.29. The average molecular weight is 266 g/mol. The Hall–Kier alpha value is -2.82. The number of aromatic amines is 1. The molecule has 0 spiro atoms. The standard InChI is InChI=1S/C15H10N2O3/c1-20-12-7-10-14-9(6-13(18)16-10)8-4-2-3-5-11(8)17(14)15(12)19/h2-7H,1H3,(H,16,18). The Morgan fingerprint density at radius 3 is 2.70 bits per heavy atom. The molecule has 1 N–H and O–H groups in total. The van der Waals surface area contributed by atoms with Gasteiger partial charge in [0, 0.05) is 22.9 Å². The molecule has 0 atom stereocenters. The number of rotatable bonds is 1. The lowest BCUT2D eigenvalue weighted by molar-refractivity contribution is 0.408. The number of ether oxygens (including phenoxy) is 1. The number of benzene rings is 1. The monoisotopic (exact) mass is 266 g/mol. The van der Waals surface area contributed by atoms with E-state index in [4.69, 9.17) is 4.74 Å². The molecule has 3 heterocycles. The number of methoxy groups -OCH3 is 1. The summed E-state index contributed by atoms with van der Waals surface area (Å²) in [7, 11) is 1.44. The first-order valence-electron chi connectivity index (χ1n) is 6.17. The molecule has 5 nitrogen and oxygen atoms in total. The van der Waals surface area contributed by atoms with Gasteiger partial charge in [0.25, 0.3) is 5.56 Å². The first-order valence-corrected chi connectivity index (χ1v) is 6.17. The Balaban J connectivity index is 2.50. The Kier molecular flexibility index (Phi) is 1.99. The fourth-order valence-corrected chi connectivity index (χ4v) is 2.80. The predicted molar refractivity (Wildman–Crippen MR) is 77.0 cm³/mol. The topological polar surface area (TPSA) is 63.6 Å². The van der Waals surface area contributed by atoms with Crippen LogP contribution in [0.2, 0.25) is 0 Å². The van der Waals surface area contributed by atoms with E-state index in [2.05, 4.69) is 4.98 Å². The van der Waals surface area contributed by atoms with Crippen molar-refractivity contribution in [1.29, 1.82) is 0 Å². The van der Waals surface area contributed by atoms with Crippen molar-refractivity contribution in [3.63, 3.8) is 0 Å². The highest BCUT2D eigenvalue weighted by atomic mass is 16.5. The van der Waals surface area contributed by atoms with Gasteiger partial charge in [0.1, 0.15) is 0 Å². The maximum absolute atomic E-state index is 12.5. The largest absolute Gasteiger partial charge is 0.491 e. The van der Waals surface area contributed by atoms with E-state index in [0.717, 1.165) is 21.8 Å².